The molecule has 1 fully saturated rings. The third kappa shape index (κ3) is 12.3. The summed E-state index contributed by atoms with van der Waals surface area (Å²) in [5.41, 5.74) is 7.01. The number of nitrogens with one attached hydrogen (secondary N) is 4. The number of fused-ring (bicyclic) bond motifs is 1. The second kappa shape index (κ2) is 22.2. The van der Waals surface area contributed by atoms with Crippen LogP contribution in [0.1, 0.15) is 125 Å². The lowest BCUT2D eigenvalue weighted by atomic mass is 9.85. The van der Waals surface area contributed by atoms with Crippen LogP contribution in [0.5, 0.6) is 5.75 Å². The van der Waals surface area contributed by atoms with Gasteiger partial charge >= 0.3 is 0 Å². The Morgan fingerprint density at radius 3 is 2.36 bits per heavy atom. The SMILES string of the molecule is Cc1ncsc1-c1ccc(CNC(=O)[C@@H]2C[C@@H](O)CN2C(=O)C(NC(=O)CCCCCCNC(=O)c2ccc3c(c2)[C@H](NC(=O)c2cc(-c4ccc(C(=O)N(C)C)c(O)c4)on2)CC3)C(C)(C)C)cc1. The summed E-state index contributed by atoms with van der Waals surface area (Å²) in [6, 6.07) is 17.1. The number of aromatic hydroxyl groups is 1. The summed E-state index contributed by atoms with van der Waals surface area (Å²) < 4.78 is 5.40. The average Bonchev–Trinajstić information content (AvgIpc) is 4.16. The minimum absolute atomic E-state index is 0.00847. The van der Waals surface area contributed by atoms with Crippen molar-refractivity contribution in [2.75, 3.05) is 27.2 Å². The molecule has 1 aliphatic carbocycles. The summed E-state index contributed by atoms with van der Waals surface area (Å²) >= 11 is 1.57. The van der Waals surface area contributed by atoms with E-state index in [1.54, 1.807) is 43.6 Å². The number of aliphatic hydroxyl groups excluding tert-OH is 1. The number of hydrogen-bond acceptors (Lipinski definition) is 12. The molecule has 3 aromatic carbocycles. The fraction of sp³-hybridized carbons (Fsp3) is 0.423. The molecular weight excluding hydrogens is 913 g/mol. The van der Waals surface area contributed by atoms with Crippen LogP contribution in [-0.4, -0.2) is 111 Å². The number of thiazole rings is 1. The number of carbonyl (C=O) groups is 6. The zero-order valence-electron chi connectivity index (χ0n) is 40.5. The van der Waals surface area contributed by atoms with Crippen molar-refractivity contribution in [3.8, 4) is 27.5 Å². The van der Waals surface area contributed by atoms with E-state index in [-0.39, 0.29) is 78.4 Å². The Hall–Kier alpha value is -6.92. The lowest BCUT2D eigenvalue weighted by Crippen LogP contribution is -2.57. The first-order valence-corrected chi connectivity index (χ1v) is 24.5. The molecule has 1 saturated heterocycles. The summed E-state index contributed by atoms with van der Waals surface area (Å²) in [7, 11) is 3.17. The van der Waals surface area contributed by atoms with Crippen molar-refractivity contribution in [1.82, 2.24) is 41.2 Å². The van der Waals surface area contributed by atoms with Gasteiger partial charge in [0.15, 0.2) is 11.5 Å². The molecule has 0 bridgehead atoms. The Balaban J connectivity index is 0.826. The zero-order valence-corrected chi connectivity index (χ0v) is 41.3. The van der Waals surface area contributed by atoms with Gasteiger partial charge in [0.25, 0.3) is 17.7 Å². The Kier molecular flexibility index (Phi) is 16.2. The van der Waals surface area contributed by atoms with Gasteiger partial charge in [-0.2, -0.15) is 0 Å². The van der Waals surface area contributed by atoms with Crippen LogP contribution in [0, 0.1) is 12.3 Å². The third-order valence-electron chi connectivity index (χ3n) is 12.8. The zero-order chi connectivity index (χ0) is 50.3. The maximum absolute atomic E-state index is 14.0. The van der Waals surface area contributed by atoms with Crippen molar-refractivity contribution in [2.45, 2.75) is 110 Å². The number of unbranched alkanes of at least 4 members (excludes halogenated alkanes) is 3. The van der Waals surface area contributed by atoms with Crippen molar-refractivity contribution >= 4 is 46.8 Å². The molecule has 3 heterocycles. The van der Waals surface area contributed by atoms with E-state index in [0.29, 0.717) is 36.9 Å². The van der Waals surface area contributed by atoms with E-state index < -0.39 is 35.4 Å². The number of aromatic nitrogens is 2. The highest BCUT2D eigenvalue weighted by atomic mass is 32.1. The fourth-order valence-electron chi connectivity index (χ4n) is 8.83. The number of hydrogen-bond donors (Lipinski definition) is 6. The van der Waals surface area contributed by atoms with Crippen LogP contribution in [-0.2, 0) is 27.3 Å². The molecule has 17 nitrogen and oxygen atoms in total. The average molecular weight is 975 g/mol. The van der Waals surface area contributed by atoms with E-state index in [1.807, 2.05) is 63.5 Å². The minimum Gasteiger partial charge on any atom is -0.507 e. The Bertz CT molecular complexity index is 2730. The molecule has 2 aliphatic rings. The van der Waals surface area contributed by atoms with Gasteiger partial charge in [0.05, 0.1) is 33.8 Å². The second-order valence-electron chi connectivity index (χ2n) is 19.4. The molecule has 0 radical (unpaired) electrons. The summed E-state index contributed by atoms with van der Waals surface area (Å²) in [6.45, 7) is 8.20. The van der Waals surface area contributed by atoms with Gasteiger partial charge in [0.2, 0.25) is 17.7 Å². The highest BCUT2D eigenvalue weighted by molar-refractivity contribution is 7.13. The van der Waals surface area contributed by atoms with Gasteiger partial charge in [-0.15, -0.1) is 11.3 Å². The maximum atomic E-state index is 14.0. The number of phenols is 1. The maximum Gasteiger partial charge on any atom is 0.273 e. The molecule has 6 N–H and O–H groups in total. The number of phenolic OH excluding ortho intramolecular Hbond substituents is 1. The van der Waals surface area contributed by atoms with Gasteiger partial charge in [-0.1, -0.05) is 75.2 Å². The van der Waals surface area contributed by atoms with Gasteiger partial charge in [-0.25, -0.2) is 4.98 Å². The fourth-order valence-corrected chi connectivity index (χ4v) is 9.64. The van der Waals surface area contributed by atoms with Crippen molar-refractivity contribution in [1.29, 1.82) is 0 Å². The number of likely N-dealkylation sites (tertiary alicyclic amines) is 1. The molecule has 18 heteroatoms. The largest absolute Gasteiger partial charge is 0.507 e. The number of β-amino-alcohol motifs (C(OH)–C–C–N with tert-alkyl or cyclic N) is 1. The highest BCUT2D eigenvalue weighted by Crippen LogP contribution is 2.34. The molecule has 6 amide bonds. The molecule has 5 aromatic rings. The second-order valence-corrected chi connectivity index (χ2v) is 20.2. The molecule has 1 aliphatic heterocycles. The number of carbonyl (C=O) groups excluding carboxylic acids is 6. The monoisotopic (exact) mass is 974 g/mol. The first-order chi connectivity index (χ1) is 33.4. The van der Waals surface area contributed by atoms with E-state index in [1.165, 1.54) is 28.0 Å². The van der Waals surface area contributed by atoms with E-state index in [9.17, 15) is 39.0 Å². The van der Waals surface area contributed by atoms with E-state index in [0.717, 1.165) is 52.1 Å². The van der Waals surface area contributed by atoms with E-state index in [4.69, 9.17) is 4.52 Å². The van der Waals surface area contributed by atoms with Crippen LogP contribution < -0.4 is 21.3 Å². The Labute approximate surface area is 411 Å². The molecule has 0 saturated carbocycles. The number of aryl methyl sites for hydroxylation is 2. The van der Waals surface area contributed by atoms with Gasteiger partial charge in [-0.3, -0.25) is 28.8 Å². The molecule has 70 heavy (non-hydrogen) atoms. The van der Waals surface area contributed by atoms with Crippen LogP contribution in [0.15, 0.2) is 76.8 Å². The predicted octanol–water partition coefficient (Wildman–Crippen LogP) is 6.09. The molecule has 2 aromatic heterocycles. The van der Waals surface area contributed by atoms with Crippen LogP contribution >= 0.6 is 11.3 Å². The molecule has 370 valence electrons. The smallest absolute Gasteiger partial charge is 0.273 e. The van der Waals surface area contributed by atoms with Gasteiger partial charge < -0.3 is 45.8 Å². The summed E-state index contributed by atoms with van der Waals surface area (Å²) in [5, 5.41) is 36.8. The number of benzene rings is 3. The number of amides is 6. The molecule has 1 unspecified atom stereocenters. The molecular formula is C52H62N8O9S. The third-order valence-corrected chi connectivity index (χ3v) is 13.8. The summed E-state index contributed by atoms with van der Waals surface area (Å²) in [6.07, 6.45) is 3.55. The standard InChI is InChI=1S/C52H62N8O9S/c1-30-45(70-29-55-30)33-14-12-31(13-15-33)27-54-49(66)41-25-36(61)28-60(41)51(68)46(52(2,3)4)57-44(63)11-9-7-8-10-22-53-47(64)35-17-16-32-19-21-39(38(32)23-35)56-48(65)40-26-43(69-58-40)34-18-20-37(42(62)24-34)50(67)59(5)6/h12-18,20,23-24,26,29,36,39,41,46,61-62H,7-11,19,21-22,25,27-28H2,1-6H3,(H,53,64)(H,54,66)(H,56,65)(H,57,63)/t36-,39-,41+,46?/m1/s1. The molecule has 4 atom stereocenters. The van der Waals surface area contributed by atoms with Gasteiger partial charge in [0.1, 0.15) is 17.8 Å². The van der Waals surface area contributed by atoms with Crippen molar-refractivity contribution < 1.29 is 43.5 Å². The number of nitrogens with zero attached hydrogens (tertiary/aromatic N) is 4. The van der Waals surface area contributed by atoms with E-state index in [2.05, 4.69) is 31.4 Å². The lowest BCUT2D eigenvalue weighted by Gasteiger charge is -2.35. The molecule has 7 rings (SSSR count). The number of aliphatic hydroxyl groups is 1. The van der Waals surface area contributed by atoms with Gasteiger partial charge in [0, 0.05) is 63.8 Å². The highest BCUT2D eigenvalue weighted by Gasteiger charge is 2.44. The molecule has 0 spiro atoms. The predicted molar refractivity (Wildman–Crippen MR) is 264 cm³/mol. The first-order valence-electron chi connectivity index (χ1n) is 23.7. The Morgan fingerprint density at radius 2 is 1.66 bits per heavy atom. The minimum atomic E-state index is -0.916. The van der Waals surface area contributed by atoms with Crippen molar-refractivity contribution in [2.24, 2.45) is 5.41 Å². The van der Waals surface area contributed by atoms with Crippen LogP contribution in [0.25, 0.3) is 21.8 Å². The van der Waals surface area contributed by atoms with Crippen molar-refractivity contribution in [3.05, 3.63) is 111 Å². The first kappa shape index (κ1) is 50.9. The van der Waals surface area contributed by atoms with E-state index >= 15 is 0 Å². The lowest BCUT2D eigenvalue weighted by molar-refractivity contribution is -0.144. The topological polar surface area (TPSA) is 236 Å². The van der Waals surface area contributed by atoms with Crippen LogP contribution in [0.2, 0.25) is 0 Å². The summed E-state index contributed by atoms with van der Waals surface area (Å²) in [4.78, 5) is 87.7. The van der Waals surface area contributed by atoms with Crippen LogP contribution in [0.3, 0.4) is 0 Å². The Morgan fingerprint density at radius 1 is 0.914 bits per heavy atom. The van der Waals surface area contributed by atoms with Crippen molar-refractivity contribution in [3.63, 3.8) is 0 Å². The summed E-state index contributed by atoms with van der Waals surface area (Å²) in [5.74, 6) is -2.09. The normalized spacial score (nSPS) is 16.8. The van der Waals surface area contributed by atoms with Crippen LogP contribution in [0.4, 0.5) is 0 Å². The van der Waals surface area contributed by atoms with Gasteiger partial charge in [-0.05, 0) is 84.5 Å². The number of rotatable bonds is 18. The quantitative estimate of drug-likeness (QED) is 0.0550.